The maximum Gasteiger partial charge on any atom is 0.519 e. The summed E-state index contributed by atoms with van der Waals surface area (Å²) in [6.07, 6.45) is 9.09. The molecule has 2 heterocycles. The van der Waals surface area contributed by atoms with Crippen LogP contribution in [0, 0.1) is 10.1 Å². The molecule has 0 bridgehead atoms. The highest BCUT2D eigenvalue weighted by Crippen LogP contribution is 2.45. The molecule has 0 unspecified atom stereocenters. The largest absolute Gasteiger partial charge is 0.519 e. The van der Waals surface area contributed by atoms with Crippen molar-refractivity contribution in [2.45, 2.75) is 71.3 Å². The predicted molar refractivity (Wildman–Crippen MR) is 194 cm³/mol. The summed E-state index contributed by atoms with van der Waals surface area (Å²) in [6.45, 7) is 4.74. The van der Waals surface area contributed by atoms with Gasteiger partial charge in [0.2, 0.25) is 0 Å². The summed E-state index contributed by atoms with van der Waals surface area (Å²) < 4.78 is 26.3. The maximum atomic E-state index is 13.7. The van der Waals surface area contributed by atoms with Crippen LogP contribution in [0.5, 0.6) is 11.5 Å². The molecule has 0 atom stereocenters. The first-order valence-corrected chi connectivity index (χ1v) is 19.2. The van der Waals surface area contributed by atoms with Crippen molar-refractivity contribution in [3.63, 3.8) is 0 Å². The number of carbonyl (C=O) groups excluding carboxylic acids is 1. The number of aryl methyl sites for hydroxylation is 2. The van der Waals surface area contributed by atoms with Gasteiger partial charge < -0.3 is 23.9 Å². The number of hydrogen-bond acceptors (Lipinski definition) is 10. The molecule has 1 fully saturated rings. The van der Waals surface area contributed by atoms with Crippen LogP contribution in [0.4, 0.5) is 22.0 Å². The average Bonchev–Trinajstić information content (AvgIpc) is 3.79. The summed E-state index contributed by atoms with van der Waals surface area (Å²) in [6, 6.07) is 20.3. The van der Waals surface area contributed by atoms with E-state index in [0.717, 1.165) is 78.9 Å². The number of hydrogen-bond donors (Lipinski definition) is 1. The van der Waals surface area contributed by atoms with Crippen LogP contribution in [0.25, 0.3) is 11.2 Å². The van der Waals surface area contributed by atoms with Gasteiger partial charge in [0.15, 0.2) is 17.0 Å². The highest BCUT2D eigenvalue weighted by molar-refractivity contribution is 7.71. The second-order valence-corrected chi connectivity index (χ2v) is 15.8. The van der Waals surface area contributed by atoms with E-state index in [9.17, 15) is 19.5 Å². The lowest BCUT2D eigenvalue weighted by Crippen LogP contribution is -2.14. The number of ether oxygens (including phenoxy) is 2. The number of imidazole rings is 1. The van der Waals surface area contributed by atoms with E-state index in [0.29, 0.717) is 36.0 Å². The molecule has 3 aromatic carbocycles. The van der Waals surface area contributed by atoms with Crippen molar-refractivity contribution in [3.05, 3.63) is 101 Å². The lowest BCUT2D eigenvalue weighted by molar-refractivity contribution is -0.384. The van der Waals surface area contributed by atoms with Crippen LogP contribution in [-0.4, -0.2) is 42.9 Å². The Morgan fingerprint density at radius 1 is 0.960 bits per heavy atom. The number of nitrogens with one attached hydrogen (secondary N) is 1. The van der Waals surface area contributed by atoms with Crippen LogP contribution >= 0.6 is 7.14 Å². The van der Waals surface area contributed by atoms with E-state index in [2.05, 4.69) is 19.2 Å². The lowest BCUT2D eigenvalue weighted by Gasteiger charge is -2.18. The van der Waals surface area contributed by atoms with Gasteiger partial charge in [0, 0.05) is 47.9 Å². The SMILES string of the molecule is CCCP(=O)(CCC)c1ccc(Nc2nc(C3CCCC3)nc3c2ncn3CCc2cccc(OC(=O)Oc3ccc([N+](=O)[O-])cc3)c2)cc1. The number of carbonyl (C=O) groups is 1. The molecular weight excluding hydrogens is 655 g/mol. The van der Waals surface area contributed by atoms with Crippen molar-refractivity contribution in [2.75, 3.05) is 17.6 Å². The molecule has 260 valence electrons. The topological polar surface area (TPSA) is 151 Å². The van der Waals surface area contributed by atoms with E-state index in [1.54, 1.807) is 24.5 Å². The van der Waals surface area contributed by atoms with E-state index >= 15 is 0 Å². The van der Waals surface area contributed by atoms with E-state index in [-0.39, 0.29) is 11.4 Å². The highest BCUT2D eigenvalue weighted by Gasteiger charge is 2.25. The van der Waals surface area contributed by atoms with Crippen LogP contribution in [0.15, 0.2) is 79.1 Å². The summed E-state index contributed by atoms with van der Waals surface area (Å²) in [5.41, 5.74) is 3.09. The number of nitro groups is 1. The zero-order chi connectivity index (χ0) is 35.1. The summed E-state index contributed by atoms with van der Waals surface area (Å²) in [5.74, 6) is 2.20. The van der Waals surface area contributed by atoms with E-state index in [1.807, 2.05) is 34.9 Å². The van der Waals surface area contributed by atoms with E-state index in [1.165, 1.54) is 24.3 Å². The molecule has 0 aliphatic heterocycles. The van der Waals surface area contributed by atoms with Gasteiger partial charge in [0.1, 0.15) is 24.5 Å². The zero-order valence-electron chi connectivity index (χ0n) is 28.3. The monoisotopic (exact) mass is 696 g/mol. The fourth-order valence-electron chi connectivity index (χ4n) is 6.49. The van der Waals surface area contributed by atoms with E-state index < -0.39 is 18.2 Å². The standard InChI is InChI=1S/C37H41N6O6P/c1-3-22-50(47,23-4-2)32-18-12-28(13-19-32)39-35-33-36(41-34(40-35)27-9-5-6-10-27)42(25-38-33)21-20-26-8-7-11-31(24-26)49-37(44)48-30-16-14-29(15-17-30)43(45)46/h7-8,11-19,24-25,27H,3-6,9-10,20-23H2,1-2H3,(H,39,40,41). The predicted octanol–water partition coefficient (Wildman–Crippen LogP) is 8.76. The Bertz CT molecular complexity index is 2000. The Labute approximate surface area is 290 Å². The highest BCUT2D eigenvalue weighted by atomic mass is 31.2. The molecule has 1 aliphatic carbocycles. The van der Waals surface area contributed by atoms with E-state index in [4.69, 9.17) is 24.4 Å². The molecule has 1 aliphatic rings. The first-order valence-electron chi connectivity index (χ1n) is 17.2. The minimum Gasteiger partial charge on any atom is -0.395 e. The number of fused-ring (bicyclic) bond motifs is 1. The summed E-state index contributed by atoms with van der Waals surface area (Å²) >= 11 is 0. The fourth-order valence-corrected chi connectivity index (χ4v) is 9.36. The minimum absolute atomic E-state index is 0.106. The van der Waals surface area contributed by atoms with Crippen molar-refractivity contribution in [1.82, 2.24) is 19.5 Å². The molecule has 13 heteroatoms. The Hall–Kier alpha value is -5.09. The van der Waals surface area contributed by atoms with Gasteiger partial charge in [0.25, 0.3) is 5.69 Å². The number of rotatable bonds is 14. The van der Waals surface area contributed by atoms with Gasteiger partial charge in [-0.2, -0.15) is 0 Å². The van der Waals surface area contributed by atoms with Gasteiger partial charge in [-0.3, -0.25) is 10.1 Å². The number of anilines is 2. The maximum absolute atomic E-state index is 13.7. The second-order valence-electron chi connectivity index (χ2n) is 12.6. The molecule has 1 N–H and O–H groups in total. The number of benzene rings is 3. The van der Waals surface area contributed by atoms with Gasteiger partial charge in [-0.1, -0.05) is 38.8 Å². The number of non-ortho nitro benzene ring substituents is 1. The molecule has 12 nitrogen and oxygen atoms in total. The summed E-state index contributed by atoms with van der Waals surface area (Å²) in [4.78, 5) is 37.5. The van der Waals surface area contributed by atoms with Crippen LogP contribution in [0.3, 0.4) is 0 Å². The molecule has 0 radical (unpaired) electrons. The Morgan fingerprint density at radius 2 is 1.66 bits per heavy atom. The molecule has 6 rings (SSSR count). The molecule has 0 spiro atoms. The Kier molecular flexibility index (Phi) is 10.9. The smallest absolute Gasteiger partial charge is 0.395 e. The van der Waals surface area contributed by atoms with Crippen LogP contribution < -0.4 is 20.1 Å². The van der Waals surface area contributed by atoms with Crippen LogP contribution in [0.1, 0.15) is 69.7 Å². The van der Waals surface area contributed by atoms with Crippen LogP contribution in [0.2, 0.25) is 0 Å². The van der Waals surface area contributed by atoms with Crippen molar-refractivity contribution in [3.8, 4) is 11.5 Å². The minimum atomic E-state index is -2.41. The van der Waals surface area contributed by atoms with Gasteiger partial charge in [-0.05, 0) is 86.2 Å². The molecule has 1 saturated carbocycles. The van der Waals surface area contributed by atoms with Gasteiger partial charge in [-0.25, -0.2) is 19.7 Å². The molecule has 50 heavy (non-hydrogen) atoms. The average molecular weight is 697 g/mol. The Morgan fingerprint density at radius 3 is 2.34 bits per heavy atom. The normalized spacial score (nSPS) is 13.4. The first kappa shape index (κ1) is 34.8. The zero-order valence-corrected chi connectivity index (χ0v) is 29.2. The van der Waals surface area contributed by atoms with Crippen molar-refractivity contribution in [2.24, 2.45) is 0 Å². The molecule has 0 amide bonds. The van der Waals surface area contributed by atoms with Gasteiger partial charge in [-0.15, -0.1) is 0 Å². The van der Waals surface area contributed by atoms with Crippen molar-refractivity contribution < 1.29 is 23.8 Å². The summed E-state index contributed by atoms with van der Waals surface area (Å²) in [5, 5.41) is 15.3. The van der Waals surface area contributed by atoms with Crippen LogP contribution in [-0.2, 0) is 17.5 Å². The summed E-state index contributed by atoms with van der Waals surface area (Å²) in [7, 11) is -2.41. The van der Waals surface area contributed by atoms with Gasteiger partial charge in [0.05, 0.1) is 11.3 Å². The van der Waals surface area contributed by atoms with Gasteiger partial charge >= 0.3 is 6.16 Å². The lowest BCUT2D eigenvalue weighted by atomic mass is 10.1. The number of nitro benzene ring substituents is 1. The third-order valence-electron chi connectivity index (χ3n) is 8.96. The first-order chi connectivity index (χ1) is 24.2. The second kappa shape index (κ2) is 15.6. The molecule has 2 aromatic heterocycles. The molecule has 5 aromatic rings. The molecule has 0 saturated heterocycles. The third-order valence-corrected chi connectivity index (χ3v) is 12.5. The Balaban J connectivity index is 1.18. The van der Waals surface area contributed by atoms with Crippen molar-refractivity contribution >= 4 is 47.0 Å². The van der Waals surface area contributed by atoms with Crippen molar-refractivity contribution in [1.29, 1.82) is 0 Å². The number of nitrogens with zero attached hydrogens (tertiary/aromatic N) is 5. The molecular formula is C37H41N6O6P. The number of aromatic nitrogens is 4. The quantitative estimate of drug-likeness (QED) is 0.0392. The fraction of sp³-hybridized carbons (Fsp3) is 0.351. The third kappa shape index (κ3) is 8.19.